The number of β-lactam (4-membered cyclic amide) rings is 1. The highest BCUT2D eigenvalue weighted by atomic mass is 32.2. The molecule has 1 unspecified atom stereocenters. The van der Waals surface area contributed by atoms with Crippen molar-refractivity contribution in [3.05, 3.63) is 23.9 Å². The lowest BCUT2D eigenvalue weighted by Crippen LogP contribution is -2.65. The molecule has 0 radical (unpaired) electrons. The van der Waals surface area contributed by atoms with Crippen LogP contribution in [0.1, 0.15) is 47.0 Å². The van der Waals surface area contributed by atoms with Crippen molar-refractivity contribution in [2.75, 3.05) is 12.9 Å². The van der Waals surface area contributed by atoms with Gasteiger partial charge < -0.3 is 14.1 Å². The molecular formula is C23H37NO4SSi. The lowest BCUT2D eigenvalue weighted by molar-refractivity contribution is -0.163. The second-order valence-electron chi connectivity index (χ2n) is 10.3. The standard InChI is InChI=1S/C23H37NO4SSi/c1-9-13-27-22(26)20-18-15(11-10-12-16(18)29-6)19-17(21(25)24(19)20)14(2)28-30(7,8)23(3,4)5/h9,14-17,19H,1,10-13H2,2-8H3/t14?,15-,16+,17-,19-/m1/s1. The summed E-state index contributed by atoms with van der Waals surface area (Å²) in [6, 6.07) is 0.0218. The molecule has 0 N–H and O–H groups in total. The van der Waals surface area contributed by atoms with Gasteiger partial charge in [0, 0.05) is 11.2 Å². The van der Waals surface area contributed by atoms with E-state index in [-0.39, 0.29) is 52.8 Å². The topological polar surface area (TPSA) is 55.8 Å². The number of fused-ring (bicyclic) bond motifs is 3. The normalized spacial score (nSPS) is 29.8. The van der Waals surface area contributed by atoms with Crippen LogP contribution in [-0.4, -0.2) is 55.4 Å². The van der Waals surface area contributed by atoms with E-state index >= 15 is 0 Å². The second kappa shape index (κ2) is 8.47. The highest BCUT2D eigenvalue weighted by Crippen LogP contribution is 2.55. The highest BCUT2D eigenvalue weighted by molar-refractivity contribution is 7.99. The smallest absolute Gasteiger partial charge is 0.355 e. The molecule has 30 heavy (non-hydrogen) atoms. The average molecular weight is 452 g/mol. The lowest BCUT2D eigenvalue weighted by atomic mass is 9.72. The van der Waals surface area contributed by atoms with E-state index in [9.17, 15) is 9.59 Å². The Labute approximate surface area is 186 Å². The first-order valence-electron chi connectivity index (χ1n) is 11.0. The molecule has 0 spiro atoms. The van der Waals surface area contributed by atoms with Gasteiger partial charge in [0.1, 0.15) is 12.3 Å². The molecule has 1 saturated heterocycles. The maximum absolute atomic E-state index is 13.3. The number of esters is 1. The van der Waals surface area contributed by atoms with Gasteiger partial charge in [0.15, 0.2) is 8.32 Å². The van der Waals surface area contributed by atoms with Crippen LogP contribution < -0.4 is 0 Å². The zero-order valence-corrected chi connectivity index (χ0v) is 21.3. The number of carbonyl (C=O) groups excluding carboxylic acids is 2. The third kappa shape index (κ3) is 3.82. The van der Waals surface area contributed by atoms with Crippen molar-refractivity contribution in [1.29, 1.82) is 0 Å². The molecular weight excluding hydrogens is 414 g/mol. The van der Waals surface area contributed by atoms with E-state index < -0.39 is 8.32 Å². The van der Waals surface area contributed by atoms with Gasteiger partial charge in [-0.05, 0) is 49.7 Å². The molecule has 1 aliphatic carbocycles. The number of rotatable bonds is 7. The predicted octanol–water partition coefficient (Wildman–Crippen LogP) is 4.75. The minimum absolute atomic E-state index is 0.0125. The van der Waals surface area contributed by atoms with Crippen LogP contribution >= 0.6 is 11.8 Å². The fourth-order valence-corrected chi connectivity index (χ4v) is 7.35. The van der Waals surface area contributed by atoms with Crippen molar-refractivity contribution < 1.29 is 18.8 Å². The summed E-state index contributed by atoms with van der Waals surface area (Å²) in [6.07, 6.45) is 6.68. The number of carbonyl (C=O) groups is 2. The van der Waals surface area contributed by atoms with Crippen LogP contribution in [0.4, 0.5) is 0 Å². The Hall–Kier alpha value is -1.05. The molecule has 0 aromatic rings. The molecule has 7 heteroatoms. The third-order valence-electron chi connectivity index (χ3n) is 7.45. The van der Waals surface area contributed by atoms with Crippen molar-refractivity contribution >= 4 is 32.0 Å². The fourth-order valence-electron chi connectivity index (χ4n) is 4.97. The molecule has 1 amide bonds. The Balaban J connectivity index is 1.90. The second-order valence-corrected chi connectivity index (χ2v) is 16.1. The number of amides is 1. The first-order valence-corrected chi connectivity index (χ1v) is 15.2. The molecule has 3 rings (SSSR count). The number of hydrogen-bond acceptors (Lipinski definition) is 5. The quantitative estimate of drug-likeness (QED) is 0.242. The maximum atomic E-state index is 13.3. The molecule has 0 aromatic heterocycles. The van der Waals surface area contributed by atoms with Crippen molar-refractivity contribution in [3.8, 4) is 0 Å². The average Bonchev–Trinajstić information content (AvgIpc) is 2.95. The summed E-state index contributed by atoms with van der Waals surface area (Å²) < 4.78 is 12.0. The summed E-state index contributed by atoms with van der Waals surface area (Å²) in [5, 5.41) is 0.354. The fraction of sp³-hybridized carbons (Fsp3) is 0.739. The Morgan fingerprint density at radius 2 is 2.03 bits per heavy atom. The summed E-state index contributed by atoms with van der Waals surface area (Å²) in [6.45, 7) is 16.9. The third-order valence-corrected chi connectivity index (χ3v) is 13.1. The molecule has 1 saturated carbocycles. The predicted molar refractivity (Wildman–Crippen MR) is 125 cm³/mol. The van der Waals surface area contributed by atoms with Crippen LogP contribution in [0.15, 0.2) is 23.9 Å². The van der Waals surface area contributed by atoms with Gasteiger partial charge in [-0.2, -0.15) is 11.8 Å². The SMILES string of the molecule is C=CCOC(=O)C1=C2[C@@H](SC)CCC[C@H]2[C@@H]2[C@@H](C(C)O[Si](C)(C)C(C)(C)C)C(=O)N12. The zero-order valence-electron chi connectivity index (χ0n) is 19.5. The molecule has 0 bridgehead atoms. The Morgan fingerprint density at radius 3 is 2.60 bits per heavy atom. The van der Waals surface area contributed by atoms with Crippen molar-refractivity contribution in [1.82, 2.24) is 4.90 Å². The Bertz CT molecular complexity index is 757. The van der Waals surface area contributed by atoms with Gasteiger partial charge >= 0.3 is 5.97 Å². The van der Waals surface area contributed by atoms with Crippen molar-refractivity contribution in [2.24, 2.45) is 11.8 Å². The van der Waals surface area contributed by atoms with Gasteiger partial charge in [0.25, 0.3) is 0 Å². The molecule has 5 atom stereocenters. The van der Waals surface area contributed by atoms with Crippen LogP contribution in [0, 0.1) is 11.8 Å². The van der Waals surface area contributed by atoms with Crippen molar-refractivity contribution in [2.45, 2.75) is 82.5 Å². The summed E-state index contributed by atoms with van der Waals surface area (Å²) in [4.78, 5) is 28.0. The van der Waals surface area contributed by atoms with Gasteiger partial charge in [-0.25, -0.2) is 4.79 Å². The molecule has 3 aliphatic rings. The minimum Gasteiger partial charge on any atom is -0.457 e. The van der Waals surface area contributed by atoms with Gasteiger partial charge in [-0.1, -0.05) is 39.8 Å². The summed E-state index contributed by atoms with van der Waals surface area (Å²) in [5.74, 6) is -0.332. The van der Waals surface area contributed by atoms with Crippen LogP contribution in [0.2, 0.25) is 18.1 Å². The van der Waals surface area contributed by atoms with Crippen LogP contribution in [-0.2, 0) is 18.8 Å². The molecule has 2 fully saturated rings. The lowest BCUT2D eigenvalue weighted by Gasteiger charge is -2.51. The largest absolute Gasteiger partial charge is 0.457 e. The number of thioether (sulfide) groups is 1. The van der Waals surface area contributed by atoms with Gasteiger partial charge in [0.05, 0.1) is 18.1 Å². The number of nitrogens with zero attached hydrogens (tertiary/aromatic N) is 1. The Kier molecular flexibility index (Phi) is 6.67. The summed E-state index contributed by atoms with van der Waals surface area (Å²) >= 11 is 1.78. The van der Waals surface area contributed by atoms with Gasteiger partial charge in [-0.3, -0.25) is 4.79 Å². The van der Waals surface area contributed by atoms with Crippen molar-refractivity contribution in [3.63, 3.8) is 0 Å². The molecule has 5 nitrogen and oxygen atoms in total. The number of hydrogen-bond donors (Lipinski definition) is 0. The van der Waals surface area contributed by atoms with E-state index in [1.54, 1.807) is 22.7 Å². The Morgan fingerprint density at radius 1 is 1.37 bits per heavy atom. The van der Waals surface area contributed by atoms with Crippen LogP contribution in [0.5, 0.6) is 0 Å². The van der Waals surface area contributed by atoms with E-state index in [0.29, 0.717) is 5.70 Å². The van der Waals surface area contributed by atoms with E-state index in [1.807, 2.05) is 6.92 Å². The van der Waals surface area contributed by atoms with Gasteiger partial charge in [-0.15, -0.1) is 0 Å². The zero-order chi connectivity index (χ0) is 22.4. The van der Waals surface area contributed by atoms with E-state index in [1.165, 1.54) is 0 Å². The first kappa shape index (κ1) is 23.6. The summed E-state index contributed by atoms with van der Waals surface area (Å²) in [7, 11) is -2.00. The molecule has 168 valence electrons. The van der Waals surface area contributed by atoms with E-state index in [4.69, 9.17) is 9.16 Å². The number of ether oxygens (including phenoxy) is 1. The van der Waals surface area contributed by atoms with E-state index in [2.05, 4.69) is 46.7 Å². The highest BCUT2D eigenvalue weighted by Gasteiger charge is 2.63. The van der Waals surface area contributed by atoms with Gasteiger partial charge in [0.2, 0.25) is 5.91 Å². The summed E-state index contributed by atoms with van der Waals surface area (Å²) in [5.41, 5.74) is 1.63. The molecule has 2 heterocycles. The minimum atomic E-state index is -2.00. The van der Waals surface area contributed by atoms with Crippen LogP contribution in [0.25, 0.3) is 0 Å². The monoisotopic (exact) mass is 451 g/mol. The molecule has 2 aliphatic heterocycles. The maximum Gasteiger partial charge on any atom is 0.355 e. The first-order chi connectivity index (χ1) is 14.0. The van der Waals surface area contributed by atoms with Crippen LogP contribution in [0.3, 0.4) is 0 Å². The molecule has 0 aromatic carbocycles. The van der Waals surface area contributed by atoms with E-state index in [0.717, 1.165) is 24.8 Å².